The Hall–Kier alpha value is -2.25. The number of piperidine rings is 1. The van der Waals surface area contributed by atoms with Crippen LogP contribution in [0.3, 0.4) is 0 Å². The standard InChI is InChI=1S/C21H25FN2O3S/c1-15-3-8-19(28(2,26)27)13-20(15)21(25)23-18-9-11-24(12-10-18)14-16-4-6-17(22)7-5-16/h3-8,13,18H,9-12,14H2,1-2H3,(H,23,25). The third kappa shape index (κ3) is 5.17. The van der Waals surface area contributed by atoms with Crippen molar-refractivity contribution in [2.45, 2.75) is 37.2 Å². The molecule has 0 saturated carbocycles. The molecule has 1 heterocycles. The van der Waals surface area contributed by atoms with Crippen molar-refractivity contribution < 1.29 is 17.6 Å². The Labute approximate surface area is 165 Å². The number of carbonyl (C=O) groups excluding carboxylic acids is 1. The van der Waals surface area contributed by atoms with Crippen LogP contribution < -0.4 is 5.32 Å². The maximum Gasteiger partial charge on any atom is 0.251 e. The van der Waals surface area contributed by atoms with Crippen LogP contribution in [0, 0.1) is 12.7 Å². The van der Waals surface area contributed by atoms with E-state index in [1.54, 1.807) is 25.1 Å². The van der Waals surface area contributed by atoms with E-state index in [0.29, 0.717) is 5.56 Å². The number of rotatable bonds is 5. The number of hydrogen-bond acceptors (Lipinski definition) is 4. The summed E-state index contributed by atoms with van der Waals surface area (Å²) < 4.78 is 36.5. The molecule has 2 aromatic carbocycles. The average Bonchev–Trinajstić information content (AvgIpc) is 2.64. The number of hydrogen-bond donors (Lipinski definition) is 1. The second-order valence-electron chi connectivity index (χ2n) is 7.40. The van der Waals surface area contributed by atoms with Crippen LogP contribution in [0.1, 0.15) is 34.3 Å². The highest BCUT2D eigenvalue weighted by atomic mass is 32.2. The summed E-state index contributed by atoms with van der Waals surface area (Å²) in [5.74, 6) is -0.472. The van der Waals surface area contributed by atoms with Gasteiger partial charge in [0.1, 0.15) is 5.82 Å². The minimum absolute atomic E-state index is 0.0539. The van der Waals surface area contributed by atoms with Gasteiger partial charge in [-0.05, 0) is 55.2 Å². The van der Waals surface area contributed by atoms with Crippen LogP contribution in [0.15, 0.2) is 47.4 Å². The third-order valence-corrected chi connectivity index (χ3v) is 6.23. The molecule has 0 aromatic heterocycles. The molecule has 0 atom stereocenters. The van der Waals surface area contributed by atoms with E-state index in [1.165, 1.54) is 24.3 Å². The van der Waals surface area contributed by atoms with Crippen molar-refractivity contribution in [1.82, 2.24) is 10.2 Å². The van der Waals surface area contributed by atoms with Gasteiger partial charge in [-0.25, -0.2) is 12.8 Å². The Balaban J connectivity index is 1.57. The number of aryl methyl sites for hydroxylation is 1. The fraction of sp³-hybridized carbons (Fsp3) is 0.381. The molecule has 1 fully saturated rings. The molecule has 5 nitrogen and oxygen atoms in total. The second-order valence-corrected chi connectivity index (χ2v) is 9.41. The van der Waals surface area contributed by atoms with Crippen LogP contribution in [0.5, 0.6) is 0 Å². The molecule has 0 unspecified atom stereocenters. The number of amides is 1. The Morgan fingerprint density at radius 2 is 1.79 bits per heavy atom. The summed E-state index contributed by atoms with van der Waals surface area (Å²) in [5.41, 5.74) is 2.22. The molecule has 1 amide bonds. The van der Waals surface area contributed by atoms with Gasteiger partial charge in [0, 0.05) is 37.5 Å². The Bertz CT molecular complexity index is 950. The van der Waals surface area contributed by atoms with Crippen molar-refractivity contribution in [3.63, 3.8) is 0 Å². The van der Waals surface area contributed by atoms with E-state index >= 15 is 0 Å². The van der Waals surface area contributed by atoms with Gasteiger partial charge in [0.05, 0.1) is 4.90 Å². The summed E-state index contributed by atoms with van der Waals surface area (Å²) >= 11 is 0. The van der Waals surface area contributed by atoms with Gasteiger partial charge in [0.15, 0.2) is 9.84 Å². The van der Waals surface area contributed by atoms with Gasteiger partial charge in [-0.2, -0.15) is 0 Å². The fourth-order valence-electron chi connectivity index (χ4n) is 3.42. The van der Waals surface area contributed by atoms with Gasteiger partial charge in [-0.3, -0.25) is 9.69 Å². The number of nitrogens with zero attached hydrogens (tertiary/aromatic N) is 1. The Morgan fingerprint density at radius 1 is 1.14 bits per heavy atom. The molecule has 2 aromatic rings. The number of sulfone groups is 1. The van der Waals surface area contributed by atoms with Gasteiger partial charge < -0.3 is 5.32 Å². The predicted molar refractivity (Wildman–Crippen MR) is 106 cm³/mol. The van der Waals surface area contributed by atoms with E-state index in [9.17, 15) is 17.6 Å². The summed E-state index contributed by atoms with van der Waals surface area (Å²) in [6.45, 7) is 4.23. The number of carbonyl (C=O) groups is 1. The smallest absolute Gasteiger partial charge is 0.251 e. The number of halogens is 1. The first-order valence-electron chi connectivity index (χ1n) is 9.31. The van der Waals surface area contributed by atoms with Gasteiger partial charge in [0.2, 0.25) is 0 Å². The first-order valence-corrected chi connectivity index (χ1v) is 11.2. The molecule has 7 heteroatoms. The average molecular weight is 405 g/mol. The first kappa shape index (κ1) is 20.5. The molecule has 1 aliphatic heterocycles. The lowest BCUT2D eigenvalue weighted by molar-refractivity contribution is 0.0908. The van der Waals surface area contributed by atoms with Crippen molar-refractivity contribution in [3.8, 4) is 0 Å². The molecule has 0 radical (unpaired) electrons. The van der Waals surface area contributed by atoms with Crippen LogP contribution >= 0.6 is 0 Å². The first-order chi connectivity index (χ1) is 13.2. The van der Waals surface area contributed by atoms with Crippen LogP contribution in [-0.2, 0) is 16.4 Å². The predicted octanol–water partition coefficient (Wildman–Crippen LogP) is 2.93. The highest BCUT2D eigenvalue weighted by Gasteiger charge is 2.22. The summed E-state index contributed by atoms with van der Waals surface area (Å²) in [5, 5.41) is 3.04. The van der Waals surface area contributed by atoms with Crippen molar-refractivity contribution in [1.29, 1.82) is 0 Å². The summed E-state index contributed by atoms with van der Waals surface area (Å²) in [7, 11) is -3.36. The highest BCUT2D eigenvalue weighted by molar-refractivity contribution is 7.90. The Morgan fingerprint density at radius 3 is 2.39 bits per heavy atom. The van der Waals surface area contributed by atoms with E-state index in [4.69, 9.17) is 0 Å². The fourth-order valence-corrected chi connectivity index (χ4v) is 4.07. The number of nitrogens with one attached hydrogen (secondary N) is 1. The molecular weight excluding hydrogens is 379 g/mol. The molecular formula is C21H25FN2O3S. The van der Waals surface area contributed by atoms with Gasteiger partial charge in [0.25, 0.3) is 5.91 Å². The quantitative estimate of drug-likeness (QED) is 0.832. The summed E-state index contributed by atoms with van der Waals surface area (Å²) in [4.78, 5) is 15.1. The maximum absolute atomic E-state index is 13.0. The van der Waals surface area contributed by atoms with Crippen LogP contribution in [0.4, 0.5) is 4.39 Å². The summed E-state index contributed by atoms with van der Waals surface area (Å²) in [6.07, 6.45) is 2.77. The van der Waals surface area contributed by atoms with Crippen LogP contribution in [0.2, 0.25) is 0 Å². The van der Waals surface area contributed by atoms with Crippen LogP contribution in [-0.4, -0.2) is 44.6 Å². The maximum atomic E-state index is 13.0. The van der Waals surface area contributed by atoms with Crippen molar-refractivity contribution in [2.24, 2.45) is 0 Å². The molecule has 1 saturated heterocycles. The summed E-state index contributed by atoms with van der Waals surface area (Å²) in [6, 6.07) is 11.2. The van der Waals surface area contributed by atoms with Crippen LogP contribution in [0.25, 0.3) is 0 Å². The minimum Gasteiger partial charge on any atom is -0.349 e. The molecule has 28 heavy (non-hydrogen) atoms. The molecule has 1 aliphatic rings. The zero-order chi connectivity index (χ0) is 20.3. The monoisotopic (exact) mass is 404 g/mol. The highest BCUT2D eigenvalue weighted by Crippen LogP contribution is 2.18. The zero-order valence-corrected chi connectivity index (χ0v) is 16.9. The number of benzene rings is 2. The minimum atomic E-state index is -3.36. The molecule has 3 rings (SSSR count). The van der Waals surface area contributed by atoms with E-state index in [2.05, 4.69) is 10.2 Å². The Kier molecular flexibility index (Phi) is 6.15. The third-order valence-electron chi connectivity index (χ3n) is 5.12. The lowest BCUT2D eigenvalue weighted by Crippen LogP contribution is -2.44. The van der Waals surface area contributed by atoms with Gasteiger partial charge in [-0.1, -0.05) is 18.2 Å². The lowest BCUT2D eigenvalue weighted by Gasteiger charge is -2.32. The van der Waals surface area contributed by atoms with Crippen molar-refractivity contribution in [3.05, 3.63) is 65.0 Å². The largest absolute Gasteiger partial charge is 0.349 e. The number of likely N-dealkylation sites (tertiary alicyclic amines) is 1. The van der Waals surface area contributed by atoms with E-state index < -0.39 is 9.84 Å². The van der Waals surface area contributed by atoms with E-state index in [-0.39, 0.29) is 22.7 Å². The lowest BCUT2D eigenvalue weighted by atomic mass is 10.0. The van der Waals surface area contributed by atoms with Gasteiger partial charge in [-0.15, -0.1) is 0 Å². The van der Waals surface area contributed by atoms with Crippen molar-refractivity contribution in [2.75, 3.05) is 19.3 Å². The SMILES string of the molecule is Cc1ccc(S(C)(=O)=O)cc1C(=O)NC1CCN(Cc2ccc(F)cc2)CC1. The topological polar surface area (TPSA) is 66.5 Å². The zero-order valence-electron chi connectivity index (χ0n) is 16.1. The normalized spacial score (nSPS) is 16.1. The molecule has 1 N–H and O–H groups in total. The molecule has 0 bridgehead atoms. The van der Waals surface area contributed by atoms with E-state index in [0.717, 1.165) is 49.9 Å². The molecule has 0 spiro atoms. The molecule has 150 valence electrons. The second kappa shape index (κ2) is 8.41. The van der Waals surface area contributed by atoms with Crippen molar-refractivity contribution >= 4 is 15.7 Å². The van der Waals surface area contributed by atoms with E-state index in [1.807, 2.05) is 0 Å². The van der Waals surface area contributed by atoms with Gasteiger partial charge >= 0.3 is 0 Å². The molecule has 0 aliphatic carbocycles.